The predicted octanol–water partition coefficient (Wildman–Crippen LogP) is 0.732. The van der Waals surface area contributed by atoms with Crippen molar-refractivity contribution in [3.05, 3.63) is 0 Å². The van der Waals surface area contributed by atoms with Crippen LogP contribution in [-0.4, -0.2) is 48.1 Å². The van der Waals surface area contributed by atoms with Crippen LogP contribution in [0.3, 0.4) is 0 Å². The largest absolute Gasteiger partial charge is 0.463 e. The molecule has 8 heteroatoms. The molecule has 1 saturated heterocycles. The standard InChI is InChI=1S/C14H21NO7/c1-10(2)20-8-9-21-13(18)4-3-5-14(19)22-15-11(16)6-7-12(15)17/h10H,3-9H2,1-2H3. The number of carbonyl (C=O) groups is 4. The van der Waals surface area contributed by atoms with E-state index in [4.69, 9.17) is 9.47 Å². The highest BCUT2D eigenvalue weighted by Crippen LogP contribution is 2.13. The van der Waals surface area contributed by atoms with Crippen LogP contribution >= 0.6 is 0 Å². The third-order valence-corrected chi connectivity index (χ3v) is 2.76. The van der Waals surface area contributed by atoms with Crippen molar-refractivity contribution in [1.29, 1.82) is 0 Å². The lowest BCUT2D eigenvalue weighted by molar-refractivity contribution is -0.197. The maximum atomic E-state index is 11.5. The molecule has 1 aliphatic rings. The van der Waals surface area contributed by atoms with E-state index in [-0.39, 0.29) is 44.8 Å². The van der Waals surface area contributed by atoms with Gasteiger partial charge in [-0.3, -0.25) is 14.4 Å². The minimum atomic E-state index is -0.723. The number of esters is 1. The number of nitrogens with zero attached hydrogens (tertiary/aromatic N) is 1. The van der Waals surface area contributed by atoms with E-state index in [1.165, 1.54) is 0 Å². The third-order valence-electron chi connectivity index (χ3n) is 2.76. The molecule has 0 atom stereocenters. The molecule has 2 amide bonds. The van der Waals surface area contributed by atoms with Crippen molar-refractivity contribution in [2.24, 2.45) is 0 Å². The van der Waals surface area contributed by atoms with Crippen LogP contribution in [0.5, 0.6) is 0 Å². The molecule has 0 aromatic heterocycles. The highest BCUT2D eigenvalue weighted by molar-refractivity contribution is 6.01. The fourth-order valence-electron chi connectivity index (χ4n) is 1.69. The molecule has 0 saturated carbocycles. The Balaban J connectivity index is 2.10. The molecular weight excluding hydrogens is 294 g/mol. The number of rotatable bonds is 9. The zero-order valence-corrected chi connectivity index (χ0v) is 12.8. The van der Waals surface area contributed by atoms with Gasteiger partial charge in [-0.15, -0.1) is 5.06 Å². The van der Waals surface area contributed by atoms with Gasteiger partial charge < -0.3 is 14.3 Å². The molecule has 1 aliphatic heterocycles. The van der Waals surface area contributed by atoms with E-state index in [9.17, 15) is 19.2 Å². The van der Waals surface area contributed by atoms with Crippen molar-refractivity contribution in [2.75, 3.05) is 13.2 Å². The Morgan fingerprint density at radius 1 is 1.05 bits per heavy atom. The van der Waals surface area contributed by atoms with E-state index in [2.05, 4.69) is 4.84 Å². The first-order valence-corrected chi connectivity index (χ1v) is 7.24. The fraction of sp³-hybridized carbons (Fsp3) is 0.714. The summed E-state index contributed by atoms with van der Waals surface area (Å²) in [7, 11) is 0. The second kappa shape index (κ2) is 9.14. The van der Waals surface area contributed by atoms with Crippen LogP contribution in [0.4, 0.5) is 0 Å². The second-order valence-electron chi connectivity index (χ2n) is 5.04. The molecule has 1 heterocycles. The van der Waals surface area contributed by atoms with Crippen molar-refractivity contribution < 1.29 is 33.5 Å². The number of amides is 2. The van der Waals surface area contributed by atoms with E-state index in [1.807, 2.05) is 13.8 Å². The Kier molecular flexibility index (Phi) is 7.51. The zero-order valence-electron chi connectivity index (χ0n) is 12.8. The van der Waals surface area contributed by atoms with Gasteiger partial charge in [0.05, 0.1) is 12.7 Å². The molecule has 0 radical (unpaired) electrons. The minimum absolute atomic E-state index is 0.0525. The lowest BCUT2D eigenvalue weighted by Gasteiger charge is -2.12. The molecule has 1 rings (SSSR count). The molecule has 0 bridgehead atoms. The van der Waals surface area contributed by atoms with Crippen molar-refractivity contribution >= 4 is 23.8 Å². The summed E-state index contributed by atoms with van der Waals surface area (Å²) in [5, 5.41) is 0.490. The summed E-state index contributed by atoms with van der Waals surface area (Å²) in [6.45, 7) is 4.25. The average molecular weight is 315 g/mol. The Bertz CT molecular complexity index is 417. The Morgan fingerprint density at radius 2 is 1.64 bits per heavy atom. The second-order valence-corrected chi connectivity index (χ2v) is 5.04. The molecule has 0 aliphatic carbocycles. The predicted molar refractivity (Wildman–Crippen MR) is 73.1 cm³/mol. The van der Waals surface area contributed by atoms with Crippen molar-refractivity contribution in [3.8, 4) is 0 Å². The lowest BCUT2D eigenvalue weighted by atomic mass is 10.2. The number of hydroxylamine groups is 2. The summed E-state index contributed by atoms with van der Waals surface area (Å²) < 4.78 is 10.1. The highest BCUT2D eigenvalue weighted by Gasteiger charge is 2.32. The van der Waals surface area contributed by atoms with Gasteiger partial charge in [0.15, 0.2) is 0 Å². The summed E-state index contributed by atoms with van der Waals surface area (Å²) in [6, 6.07) is 0. The number of imide groups is 1. The van der Waals surface area contributed by atoms with Gasteiger partial charge in [-0.1, -0.05) is 0 Å². The Hall–Kier alpha value is -1.96. The van der Waals surface area contributed by atoms with E-state index in [0.717, 1.165) is 0 Å². The van der Waals surface area contributed by atoms with E-state index in [1.54, 1.807) is 0 Å². The van der Waals surface area contributed by atoms with Gasteiger partial charge in [-0.05, 0) is 20.3 Å². The van der Waals surface area contributed by atoms with Gasteiger partial charge >= 0.3 is 11.9 Å². The van der Waals surface area contributed by atoms with E-state index < -0.39 is 23.8 Å². The molecule has 0 spiro atoms. The van der Waals surface area contributed by atoms with Crippen molar-refractivity contribution in [1.82, 2.24) is 5.06 Å². The SMILES string of the molecule is CC(C)OCCOC(=O)CCCC(=O)ON1C(=O)CCC1=O. The molecule has 22 heavy (non-hydrogen) atoms. The molecule has 0 N–H and O–H groups in total. The van der Waals surface area contributed by atoms with E-state index in [0.29, 0.717) is 11.7 Å². The summed E-state index contributed by atoms with van der Waals surface area (Å²) in [4.78, 5) is 50.0. The quantitative estimate of drug-likeness (QED) is 0.351. The average Bonchev–Trinajstić information content (AvgIpc) is 2.75. The van der Waals surface area contributed by atoms with Gasteiger partial charge in [0, 0.05) is 25.7 Å². The van der Waals surface area contributed by atoms with Gasteiger partial charge in [-0.25, -0.2) is 4.79 Å². The first kappa shape index (κ1) is 18.1. The summed E-state index contributed by atoms with van der Waals surface area (Å²) in [5.41, 5.74) is 0. The number of hydrogen-bond acceptors (Lipinski definition) is 7. The summed E-state index contributed by atoms with van der Waals surface area (Å²) in [6.07, 6.45) is 0.379. The Morgan fingerprint density at radius 3 is 2.23 bits per heavy atom. The molecule has 0 aromatic rings. The van der Waals surface area contributed by atoms with Crippen LogP contribution < -0.4 is 0 Å². The smallest absolute Gasteiger partial charge is 0.333 e. The summed E-state index contributed by atoms with van der Waals surface area (Å²) in [5.74, 6) is -2.21. The van der Waals surface area contributed by atoms with Crippen LogP contribution in [0.15, 0.2) is 0 Å². The Labute approximate surface area is 128 Å². The molecule has 124 valence electrons. The van der Waals surface area contributed by atoms with Crippen LogP contribution in [0.25, 0.3) is 0 Å². The summed E-state index contributed by atoms with van der Waals surface area (Å²) >= 11 is 0. The van der Waals surface area contributed by atoms with Gasteiger partial charge in [0.1, 0.15) is 6.61 Å². The topological polar surface area (TPSA) is 99.2 Å². The van der Waals surface area contributed by atoms with Gasteiger partial charge in [0.2, 0.25) is 0 Å². The normalized spacial score (nSPS) is 14.6. The van der Waals surface area contributed by atoms with Crippen LogP contribution in [0, 0.1) is 0 Å². The monoisotopic (exact) mass is 315 g/mol. The van der Waals surface area contributed by atoms with Gasteiger partial charge in [0.25, 0.3) is 11.8 Å². The zero-order chi connectivity index (χ0) is 16.5. The third kappa shape index (κ3) is 6.66. The van der Waals surface area contributed by atoms with Crippen molar-refractivity contribution in [3.63, 3.8) is 0 Å². The molecular formula is C14H21NO7. The maximum Gasteiger partial charge on any atom is 0.333 e. The minimum Gasteiger partial charge on any atom is -0.463 e. The van der Waals surface area contributed by atoms with Gasteiger partial charge in [-0.2, -0.15) is 0 Å². The molecule has 0 unspecified atom stereocenters. The first-order chi connectivity index (χ1) is 10.4. The van der Waals surface area contributed by atoms with Crippen LogP contribution in [0.1, 0.15) is 46.0 Å². The molecule has 0 aromatic carbocycles. The van der Waals surface area contributed by atoms with E-state index >= 15 is 0 Å². The lowest BCUT2D eigenvalue weighted by Crippen LogP contribution is -2.32. The van der Waals surface area contributed by atoms with Crippen LogP contribution in [0.2, 0.25) is 0 Å². The number of ether oxygens (including phenoxy) is 2. The maximum absolute atomic E-state index is 11.5. The number of carbonyl (C=O) groups excluding carboxylic acids is 4. The van der Waals surface area contributed by atoms with Crippen molar-refractivity contribution in [2.45, 2.75) is 52.1 Å². The number of hydrogen-bond donors (Lipinski definition) is 0. The molecule has 8 nitrogen and oxygen atoms in total. The van der Waals surface area contributed by atoms with Crippen LogP contribution in [-0.2, 0) is 33.5 Å². The highest BCUT2D eigenvalue weighted by atomic mass is 16.7. The molecule has 1 fully saturated rings. The fourth-order valence-corrected chi connectivity index (χ4v) is 1.69. The first-order valence-electron chi connectivity index (χ1n) is 7.24.